The molecule has 1 saturated heterocycles. The molecule has 3 heterocycles. The predicted octanol–water partition coefficient (Wildman–Crippen LogP) is 4.07. The van der Waals surface area contributed by atoms with Crippen molar-refractivity contribution in [2.75, 3.05) is 66.3 Å². The number of quaternary nitrogens is 1. The maximum Gasteiger partial charge on any atom is 0.277 e. The summed E-state index contributed by atoms with van der Waals surface area (Å²) in [6, 6.07) is 7.72. The van der Waals surface area contributed by atoms with Crippen molar-refractivity contribution in [2.24, 2.45) is 0 Å². The van der Waals surface area contributed by atoms with Gasteiger partial charge in [0, 0.05) is 49.8 Å². The van der Waals surface area contributed by atoms with Crippen molar-refractivity contribution in [3.63, 3.8) is 0 Å². The van der Waals surface area contributed by atoms with Crippen molar-refractivity contribution in [2.45, 2.75) is 0 Å². The minimum Gasteiger partial charge on any atom is -0.494 e. The van der Waals surface area contributed by atoms with Gasteiger partial charge in [0.2, 0.25) is 5.82 Å². The topological polar surface area (TPSA) is 92.1 Å². The maximum atomic E-state index is 14.8. The van der Waals surface area contributed by atoms with Gasteiger partial charge in [0.15, 0.2) is 29.6 Å². The van der Waals surface area contributed by atoms with E-state index in [2.05, 4.69) is 15.3 Å². The molecule has 1 aliphatic heterocycles. The summed E-state index contributed by atoms with van der Waals surface area (Å²) in [6.07, 6.45) is 4.52. The Morgan fingerprint density at radius 1 is 1.02 bits per heavy atom. The van der Waals surface area contributed by atoms with Crippen molar-refractivity contribution >= 4 is 40.6 Å². The van der Waals surface area contributed by atoms with Gasteiger partial charge in [-0.05, 0) is 30.3 Å². The Balaban J connectivity index is 1.31. The second kappa shape index (κ2) is 11.5. The van der Waals surface area contributed by atoms with Crippen molar-refractivity contribution in [1.29, 1.82) is 0 Å². The fourth-order valence-corrected chi connectivity index (χ4v) is 5.09. The molecule has 42 heavy (non-hydrogen) atoms. The van der Waals surface area contributed by atoms with Gasteiger partial charge in [-0.3, -0.25) is 14.0 Å². The first kappa shape index (κ1) is 29.2. The van der Waals surface area contributed by atoms with Crippen LogP contribution in [0.2, 0.25) is 5.02 Å². The largest absolute Gasteiger partial charge is 0.494 e. The molecule has 1 aliphatic rings. The number of halogens is 3. The van der Waals surface area contributed by atoms with E-state index in [0.29, 0.717) is 65.6 Å². The summed E-state index contributed by atoms with van der Waals surface area (Å²) in [5.74, 6) is -2.12. The molecule has 0 radical (unpaired) electrons. The molecule has 2 aromatic heterocycles. The lowest BCUT2D eigenvalue weighted by Gasteiger charge is -2.36. The highest BCUT2D eigenvalue weighted by molar-refractivity contribution is 6.34. The van der Waals surface area contributed by atoms with Crippen LogP contribution in [-0.2, 0) is 4.79 Å². The van der Waals surface area contributed by atoms with Gasteiger partial charge < -0.3 is 24.3 Å². The number of ether oxygens (including phenoxy) is 1. The van der Waals surface area contributed by atoms with E-state index in [1.807, 2.05) is 21.1 Å². The van der Waals surface area contributed by atoms with Crippen LogP contribution in [0.4, 0.5) is 20.3 Å². The molecule has 0 bridgehead atoms. The van der Waals surface area contributed by atoms with Gasteiger partial charge in [-0.1, -0.05) is 11.6 Å². The van der Waals surface area contributed by atoms with Crippen molar-refractivity contribution in [3.05, 3.63) is 71.1 Å². The first-order valence-electron chi connectivity index (χ1n) is 13.3. The zero-order valence-electron chi connectivity index (χ0n) is 23.7. The number of hydrogen-bond donors (Lipinski definition) is 1. The normalized spacial score (nSPS) is 13.9. The lowest BCUT2D eigenvalue weighted by Crippen LogP contribution is -2.54. The number of imidazole rings is 1. The Kier molecular flexibility index (Phi) is 8.02. The van der Waals surface area contributed by atoms with E-state index in [1.54, 1.807) is 38.6 Å². The molecule has 0 atom stereocenters. The molecule has 0 saturated carbocycles. The third kappa shape index (κ3) is 5.86. The lowest BCUT2D eigenvalue weighted by atomic mass is 10.1. The number of nitrogens with one attached hydrogen (secondary N) is 1. The van der Waals surface area contributed by atoms with E-state index in [4.69, 9.17) is 16.3 Å². The first-order valence-corrected chi connectivity index (χ1v) is 13.6. The van der Waals surface area contributed by atoms with Gasteiger partial charge in [0.25, 0.3) is 11.8 Å². The number of hydrogen-bond acceptors (Lipinski definition) is 6. The Labute approximate surface area is 246 Å². The third-order valence-corrected chi connectivity index (χ3v) is 7.27. The molecule has 0 unspecified atom stereocenters. The smallest absolute Gasteiger partial charge is 0.277 e. The number of carbonyl (C=O) groups excluding carboxylic acids is 2. The molecule has 13 heteroatoms. The van der Waals surface area contributed by atoms with Crippen molar-refractivity contribution in [1.82, 2.24) is 24.2 Å². The maximum absolute atomic E-state index is 14.8. The average molecular weight is 599 g/mol. The van der Waals surface area contributed by atoms with Crippen molar-refractivity contribution < 1.29 is 27.6 Å². The van der Waals surface area contributed by atoms with E-state index in [9.17, 15) is 18.4 Å². The highest BCUT2D eigenvalue weighted by atomic mass is 35.5. The number of methoxy groups -OCH3 is 1. The summed E-state index contributed by atoms with van der Waals surface area (Å²) in [6.45, 7) is 2.18. The van der Waals surface area contributed by atoms with Crippen LogP contribution < -0.4 is 10.1 Å². The zero-order valence-corrected chi connectivity index (χ0v) is 24.5. The number of piperazine rings is 1. The number of nitrogens with zero attached hydrogens (tertiary/aromatic N) is 6. The minimum atomic E-state index is -1.09. The van der Waals surface area contributed by atoms with Gasteiger partial charge in [-0.2, -0.15) is 4.39 Å². The van der Waals surface area contributed by atoms with Crippen LogP contribution in [0.25, 0.3) is 16.9 Å². The van der Waals surface area contributed by atoms with Crippen LogP contribution in [-0.4, -0.2) is 101 Å². The second-order valence-electron chi connectivity index (χ2n) is 11.0. The molecule has 2 amide bonds. The molecule has 220 valence electrons. The van der Waals surface area contributed by atoms with E-state index in [-0.39, 0.29) is 28.1 Å². The van der Waals surface area contributed by atoms with E-state index in [0.717, 1.165) is 0 Å². The SMILES string of the molecule is COc1ccc(-c2cnc3c(Nc4ccc(C(=O)N5CCN(C(=O)C[N+](C)(C)C)CC5)c(Cl)c4)nccn23)c(F)c1F. The number of fused-ring (bicyclic) bond motifs is 1. The predicted molar refractivity (Wildman–Crippen MR) is 155 cm³/mol. The van der Waals surface area contributed by atoms with E-state index in [1.165, 1.54) is 31.6 Å². The number of rotatable bonds is 7. The Morgan fingerprint density at radius 3 is 2.40 bits per heavy atom. The zero-order chi connectivity index (χ0) is 30.2. The van der Waals surface area contributed by atoms with Crippen LogP contribution in [0.3, 0.4) is 0 Å². The fraction of sp³-hybridized carbons (Fsp3) is 0.310. The molecule has 1 fully saturated rings. The van der Waals surface area contributed by atoms with Crippen LogP contribution in [0.15, 0.2) is 48.9 Å². The Hall–Kier alpha value is -4.29. The first-order chi connectivity index (χ1) is 20.0. The molecule has 5 rings (SSSR count). The molecule has 2 aromatic carbocycles. The standard InChI is InChI=1S/C29H30ClF2N7O3/c1-39(2,3)17-24(40)36-11-13-37(14-12-36)29(41)19-6-5-18(15-21(19)30)35-27-28-34-16-22(38(28)10-9-33-27)20-7-8-23(42-4)26(32)25(20)31/h5-10,15-16H,11-14,17H2,1-4H3/p+1. The highest BCUT2D eigenvalue weighted by Gasteiger charge is 2.28. The van der Waals surface area contributed by atoms with Crippen LogP contribution in [0.1, 0.15) is 10.4 Å². The number of carbonyl (C=O) groups is 2. The molecule has 0 spiro atoms. The molecule has 4 aromatic rings. The van der Waals surface area contributed by atoms with Gasteiger partial charge >= 0.3 is 0 Å². The molecular formula is C29H31ClF2N7O3+. The summed E-state index contributed by atoms with van der Waals surface area (Å²) in [5.41, 5.74) is 1.62. The molecule has 0 aliphatic carbocycles. The van der Waals surface area contributed by atoms with Crippen LogP contribution >= 0.6 is 11.6 Å². The molecular weight excluding hydrogens is 568 g/mol. The van der Waals surface area contributed by atoms with Gasteiger partial charge in [0.1, 0.15) is 0 Å². The number of aromatic nitrogens is 3. The average Bonchev–Trinajstić information content (AvgIpc) is 3.38. The van der Waals surface area contributed by atoms with Gasteiger partial charge in [-0.25, -0.2) is 14.4 Å². The number of benzene rings is 2. The summed E-state index contributed by atoms with van der Waals surface area (Å²) < 4.78 is 36.1. The molecule has 1 N–H and O–H groups in total. The van der Waals surface area contributed by atoms with Gasteiger partial charge in [0.05, 0.1) is 50.7 Å². The summed E-state index contributed by atoms with van der Waals surface area (Å²) in [4.78, 5) is 38.0. The third-order valence-electron chi connectivity index (χ3n) is 6.96. The van der Waals surface area contributed by atoms with Gasteiger partial charge in [-0.15, -0.1) is 0 Å². The number of anilines is 2. The van der Waals surface area contributed by atoms with Crippen molar-refractivity contribution in [3.8, 4) is 17.0 Å². The summed E-state index contributed by atoms with van der Waals surface area (Å²) >= 11 is 6.54. The summed E-state index contributed by atoms with van der Waals surface area (Å²) in [5, 5.41) is 3.39. The van der Waals surface area contributed by atoms with Crippen LogP contribution in [0, 0.1) is 11.6 Å². The quantitative estimate of drug-likeness (QED) is 0.323. The molecule has 10 nitrogen and oxygen atoms in total. The van der Waals surface area contributed by atoms with Crippen LogP contribution in [0.5, 0.6) is 5.75 Å². The Bertz CT molecular complexity index is 1660. The summed E-state index contributed by atoms with van der Waals surface area (Å²) in [7, 11) is 7.16. The highest BCUT2D eigenvalue weighted by Crippen LogP contribution is 2.32. The number of amides is 2. The minimum absolute atomic E-state index is 0.0161. The Morgan fingerprint density at radius 2 is 1.74 bits per heavy atom. The number of likely N-dealkylation sites (N-methyl/N-ethyl adjacent to an activating group) is 1. The fourth-order valence-electron chi connectivity index (χ4n) is 4.83. The monoisotopic (exact) mass is 598 g/mol. The van der Waals surface area contributed by atoms with E-state index < -0.39 is 11.6 Å². The lowest BCUT2D eigenvalue weighted by molar-refractivity contribution is -0.862. The van der Waals surface area contributed by atoms with E-state index >= 15 is 0 Å². The second-order valence-corrected chi connectivity index (χ2v) is 11.4.